The molecule has 0 saturated heterocycles. The van der Waals surface area contributed by atoms with Gasteiger partial charge in [0.25, 0.3) is 0 Å². The van der Waals surface area contributed by atoms with Crippen LogP contribution < -0.4 is 5.73 Å². The molecule has 0 aliphatic carbocycles. The van der Waals surface area contributed by atoms with Crippen molar-refractivity contribution in [2.45, 2.75) is 26.3 Å². The summed E-state index contributed by atoms with van der Waals surface area (Å²) in [4.78, 5) is 0. The maximum Gasteiger partial charge on any atom is 0.0465 e. The van der Waals surface area contributed by atoms with Gasteiger partial charge in [-0.25, -0.2) is 0 Å². The zero-order chi connectivity index (χ0) is 11.3. The van der Waals surface area contributed by atoms with E-state index in [1.54, 1.807) is 7.11 Å². The molecule has 0 amide bonds. The van der Waals surface area contributed by atoms with Gasteiger partial charge in [0.15, 0.2) is 0 Å². The van der Waals surface area contributed by atoms with Crippen molar-refractivity contribution in [3.8, 4) is 0 Å². The number of benzene rings is 1. The fourth-order valence-electron chi connectivity index (χ4n) is 1.69. The molecule has 2 N–H and O–H groups in total. The molecule has 2 heteroatoms. The number of methoxy groups -OCH3 is 1. The van der Waals surface area contributed by atoms with Crippen molar-refractivity contribution in [1.82, 2.24) is 0 Å². The molecule has 0 aromatic heterocycles. The van der Waals surface area contributed by atoms with Crippen LogP contribution in [0, 0.1) is 12.8 Å². The summed E-state index contributed by atoms with van der Waals surface area (Å²) in [6.07, 6.45) is 1.01. The predicted molar refractivity (Wildman–Crippen MR) is 63.8 cm³/mol. The van der Waals surface area contributed by atoms with E-state index in [9.17, 15) is 0 Å². The van der Waals surface area contributed by atoms with E-state index < -0.39 is 0 Å². The summed E-state index contributed by atoms with van der Waals surface area (Å²) in [7, 11) is 1.73. The maximum atomic E-state index is 6.19. The van der Waals surface area contributed by atoms with Crippen LogP contribution in [0.4, 0.5) is 0 Å². The van der Waals surface area contributed by atoms with Gasteiger partial charge in [0.05, 0.1) is 0 Å². The largest absolute Gasteiger partial charge is 0.385 e. The predicted octanol–water partition coefficient (Wildman–Crippen LogP) is 2.67. The Morgan fingerprint density at radius 3 is 2.73 bits per heavy atom. The van der Waals surface area contributed by atoms with E-state index in [4.69, 9.17) is 10.5 Å². The highest BCUT2D eigenvalue weighted by molar-refractivity contribution is 5.25. The van der Waals surface area contributed by atoms with Gasteiger partial charge in [0, 0.05) is 19.8 Å². The van der Waals surface area contributed by atoms with E-state index in [1.165, 1.54) is 11.1 Å². The van der Waals surface area contributed by atoms with Gasteiger partial charge < -0.3 is 10.5 Å². The number of hydrogen-bond acceptors (Lipinski definition) is 2. The zero-order valence-corrected chi connectivity index (χ0v) is 9.86. The van der Waals surface area contributed by atoms with Crippen LogP contribution in [0.15, 0.2) is 24.3 Å². The quantitative estimate of drug-likeness (QED) is 0.805. The first-order valence-corrected chi connectivity index (χ1v) is 5.46. The number of rotatable bonds is 5. The number of aryl methyl sites for hydroxylation is 1. The second kappa shape index (κ2) is 5.89. The molecule has 0 aliphatic heterocycles. The van der Waals surface area contributed by atoms with Crippen LogP contribution in [0.2, 0.25) is 0 Å². The molecule has 15 heavy (non-hydrogen) atoms. The summed E-state index contributed by atoms with van der Waals surface area (Å²) in [5.41, 5.74) is 8.68. The lowest BCUT2D eigenvalue weighted by Gasteiger charge is -2.20. The van der Waals surface area contributed by atoms with E-state index in [-0.39, 0.29) is 6.04 Å². The highest BCUT2D eigenvalue weighted by Gasteiger charge is 2.14. The molecule has 0 heterocycles. The number of hydrogen-bond donors (Lipinski definition) is 1. The van der Waals surface area contributed by atoms with Gasteiger partial charge in [0.1, 0.15) is 0 Å². The second-order valence-corrected chi connectivity index (χ2v) is 4.20. The van der Waals surface area contributed by atoms with E-state index in [2.05, 4.69) is 38.1 Å². The van der Waals surface area contributed by atoms with Gasteiger partial charge in [-0.1, -0.05) is 36.8 Å². The molecule has 1 rings (SSSR count). The average molecular weight is 207 g/mol. The monoisotopic (exact) mass is 207 g/mol. The Balaban J connectivity index is 2.62. The van der Waals surface area contributed by atoms with Crippen LogP contribution in [0.25, 0.3) is 0 Å². The lowest BCUT2D eigenvalue weighted by atomic mass is 9.92. The molecule has 2 atom stereocenters. The van der Waals surface area contributed by atoms with Crippen molar-refractivity contribution in [2.24, 2.45) is 11.7 Å². The minimum Gasteiger partial charge on any atom is -0.385 e. The van der Waals surface area contributed by atoms with Crippen molar-refractivity contribution in [2.75, 3.05) is 13.7 Å². The molecule has 1 aromatic carbocycles. The first kappa shape index (κ1) is 12.2. The molecule has 84 valence electrons. The van der Waals surface area contributed by atoms with Gasteiger partial charge in [-0.15, -0.1) is 0 Å². The molecular weight excluding hydrogens is 186 g/mol. The van der Waals surface area contributed by atoms with Crippen molar-refractivity contribution < 1.29 is 4.74 Å². The summed E-state index contributed by atoms with van der Waals surface area (Å²) >= 11 is 0. The molecule has 1 aromatic rings. The Labute approximate surface area is 92.4 Å². The van der Waals surface area contributed by atoms with Crippen LogP contribution in [0.3, 0.4) is 0 Å². The summed E-state index contributed by atoms with van der Waals surface area (Å²) < 4.78 is 5.07. The molecule has 2 nitrogen and oxygen atoms in total. The van der Waals surface area contributed by atoms with E-state index in [1.807, 2.05) is 0 Å². The molecule has 0 saturated carbocycles. The van der Waals surface area contributed by atoms with Gasteiger partial charge >= 0.3 is 0 Å². The van der Waals surface area contributed by atoms with Crippen LogP contribution in [0.1, 0.15) is 30.5 Å². The second-order valence-electron chi connectivity index (χ2n) is 4.20. The van der Waals surface area contributed by atoms with E-state index in [0.717, 1.165) is 13.0 Å². The van der Waals surface area contributed by atoms with Crippen LogP contribution >= 0.6 is 0 Å². The average Bonchev–Trinajstić information content (AvgIpc) is 2.24. The van der Waals surface area contributed by atoms with Crippen LogP contribution in [0.5, 0.6) is 0 Å². The van der Waals surface area contributed by atoms with Crippen molar-refractivity contribution in [3.63, 3.8) is 0 Å². The molecule has 0 aliphatic rings. The summed E-state index contributed by atoms with van der Waals surface area (Å²) in [5, 5.41) is 0. The molecule has 0 bridgehead atoms. The summed E-state index contributed by atoms with van der Waals surface area (Å²) in [5.74, 6) is 0.451. The third-order valence-corrected chi connectivity index (χ3v) is 2.82. The topological polar surface area (TPSA) is 35.2 Å². The number of ether oxygens (including phenoxy) is 1. The SMILES string of the molecule is COCCC(C)C(N)c1cccc(C)c1. The highest BCUT2D eigenvalue weighted by atomic mass is 16.5. The van der Waals surface area contributed by atoms with Crippen LogP contribution in [-0.4, -0.2) is 13.7 Å². The minimum absolute atomic E-state index is 0.111. The summed E-state index contributed by atoms with van der Waals surface area (Å²) in [6.45, 7) is 5.04. The lowest BCUT2D eigenvalue weighted by Crippen LogP contribution is -2.20. The molecule has 2 unspecified atom stereocenters. The standard InChI is InChI=1S/C13H21NO/c1-10-5-4-6-12(9-10)13(14)11(2)7-8-15-3/h4-6,9,11,13H,7-8,14H2,1-3H3. The van der Waals surface area contributed by atoms with Crippen molar-refractivity contribution >= 4 is 0 Å². The first-order valence-electron chi connectivity index (χ1n) is 5.46. The molecular formula is C13H21NO. The van der Waals surface area contributed by atoms with Crippen LogP contribution in [-0.2, 0) is 4.74 Å². The Kier molecular flexibility index (Phi) is 4.79. The zero-order valence-electron chi connectivity index (χ0n) is 9.86. The molecule has 0 fully saturated rings. The Morgan fingerprint density at radius 1 is 1.40 bits per heavy atom. The normalized spacial score (nSPS) is 14.9. The van der Waals surface area contributed by atoms with Crippen molar-refractivity contribution in [3.05, 3.63) is 35.4 Å². The van der Waals surface area contributed by atoms with Crippen molar-refractivity contribution in [1.29, 1.82) is 0 Å². The highest BCUT2D eigenvalue weighted by Crippen LogP contribution is 2.22. The molecule has 0 radical (unpaired) electrons. The fourth-order valence-corrected chi connectivity index (χ4v) is 1.69. The first-order chi connectivity index (χ1) is 7.15. The third kappa shape index (κ3) is 3.65. The van der Waals surface area contributed by atoms with Gasteiger partial charge in [-0.05, 0) is 24.8 Å². The summed E-state index contributed by atoms with van der Waals surface area (Å²) in [6, 6.07) is 8.53. The smallest absolute Gasteiger partial charge is 0.0465 e. The van der Waals surface area contributed by atoms with Gasteiger partial charge in [-0.3, -0.25) is 0 Å². The third-order valence-electron chi connectivity index (χ3n) is 2.82. The van der Waals surface area contributed by atoms with Gasteiger partial charge in [-0.2, -0.15) is 0 Å². The Morgan fingerprint density at radius 2 is 2.13 bits per heavy atom. The van der Waals surface area contributed by atoms with Gasteiger partial charge in [0.2, 0.25) is 0 Å². The Hall–Kier alpha value is -0.860. The van der Waals surface area contributed by atoms with E-state index >= 15 is 0 Å². The molecule has 0 spiro atoms. The Bertz CT molecular complexity index is 298. The fraction of sp³-hybridized carbons (Fsp3) is 0.538. The van der Waals surface area contributed by atoms with E-state index in [0.29, 0.717) is 5.92 Å². The maximum absolute atomic E-state index is 6.19. The number of nitrogens with two attached hydrogens (primary N) is 1. The minimum atomic E-state index is 0.111. The lowest BCUT2D eigenvalue weighted by molar-refractivity contribution is 0.174.